The van der Waals surface area contributed by atoms with Crippen molar-refractivity contribution in [3.63, 3.8) is 0 Å². The topological polar surface area (TPSA) is 202 Å². The molecule has 7 rings (SSSR count). The molecular weight excluding hydrogens is 822 g/mol. The molecule has 342 valence electrons. The highest BCUT2D eigenvalue weighted by Crippen LogP contribution is 2.65. The molecule has 0 spiro atoms. The average molecular weight is 882 g/mol. The Labute approximate surface area is 367 Å². The zero-order valence-corrected chi connectivity index (χ0v) is 37.2. The Bertz CT molecular complexity index is 2200. The van der Waals surface area contributed by atoms with Gasteiger partial charge in [-0.3, -0.25) is 9.78 Å². The number of benzene rings is 1. The first-order valence-electron chi connectivity index (χ1n) is 21.5. The first kappa shape index (κ1) is 44.8. The van der Waals surface area contributed by atoms with Crippen LogP contribution in [0.4, 0.5) is 9.18 Å². The molecule has 1 amide bonds. The molecule has 2 bridgehead atoms. The van der Waals surface area contributed by atoms with Crippen LogP contribution in [0.3, 0.4) is 0 Å². The van der Waals surface area contributed by atoms with Gasteiger partial charge in [0.1, 0.15) is 59.3 Å². The van der Waals surface area contributed by atoms with E-state index >= 15 is 4.39 Å². The van der Waals surface area contributed by atoms with Gasteiger partial charge < -0.3 is 53.6 Å². The molecule has 3 fully saturated rings. The zero-order chi connectivity index (χ0) is 46.7. The number of hydrogen-bond donors (Lipinski definition) is 3. The lowest BCUT2D eigenvalue weighted by molar-refractivity contribution is -0.316. The molecule has 3 heterocycles. The van der Waals surface area contributed by atoms with Crippen LogP contribution < -0.4 is 5.32 Å². The van der Waals surface area contributed by atoms with Crippen LogP contribution in [0, 0.1) is 22.6 Å². The number of nitrogens with zero attached hydrogens (tertiary/aromatic N) is 2. The molecule has 16 nitrogen and oxygen atoms in total. The number of hydrogen-bond acceptors (Lipinski definition) is 15. The van der Waals surface area contributed by atoms with Gasteiger partial charge in [0.25, 0.3) is 0 Å². The Kier molecular flexibility index (Phi) is 11.8. The van der Waals surface area contributed by atoms with Gasteiger partial charge in [-0.1, -0.05) is 51.1 Å². The van der Waals surface area contributed by atoms with E-state index in [0.29, 0.717) is 17.7 Å². The number of alkyl carbamates (subject to hydrolysis) is 1. The summed E-state index contributed by atoms with van der Waals surface area (Å²) in [5, 5.41) is 21.2. The van der Waals surface area contributed by atoms with E-state index in [1.54, 1.807) is 78.0 Å². The molecule has 0 radical (unpaired) electrons. The van der Waals surface area contributed by atoms with E-state index in [-0.39, 0.29) is 12.2 Å². The minimum atomic E-state index is -2.17. The standard InChI is InChI=1S/C46H58FN3O13/c1-24-28(58-40(54)34(52)33(32-27(47)17-14-20-48-32)49-41(55)63-42(3,4)5)21-46(56)38(61-39(53)26-15-12-11-13-16-26)36-44(8,19-18-29-45(36,23-57-29)62-25(2)51)37-35(31(24)43(46,6)7)59-30(60-37)22-50(9)10/h11-20,28-30,33-38,52,56H,21-23H2,1-10H3,(H,49,55)/t28-,29+,30+,33-,34+,35+,36-,37+,38-,44+,45-,46+/m0/s1/i52T. The van der Waals surface area contributed by atoms with Crippen molar-refractivity contribution in [1.29, 1.82) is 1.43 Å². The number of likely N-dealkylation sites (N-methyl/N-ethyl adjacent to an activating group) is 1. The highest BCUT2D eigenvalue weighted by molar-refractivity contribution is 5.89. The monoisotopic (exact) mass is 881 g/mol. The number of fused-ring (bicyclic) bond motifs is 8. The number of carbonyl (C=O) groups excluding carboxylic acids is 4. The van der Waals surface area contributed by atoms with Crippen LogP contribution in [-0.2, 0) is 42.7 Å². The number of esters is 3. The number of aliphatic hydroxyl groups is 2. The molecule has 5 aliphatic rings. The smallest absolute Gasteiger partial charge is 0.408 e. The number of ether oxygens (including phenoxy) is 7. The van der Waals surface area contributed by atoms with Gasteiger partial charge in [-0.15, -0.1) is 0 Å². The molecule has 2 aromatic rings. The predicted octanol–water partition coefficient (Wildman–Crippen LogP) is 4.34. The van der Waals surface area contributed by atoms with Gasteiger partial charge in [-0.05, 0) is 77.2 Å². The fourth-order valence-corrected chi connectivity index (χ4v) is 10.3. The summed E-state index contributed by atoms with van der Waals surface area (Å²) >= 11 is 0. The highest BCUT2D eigenvalue weighted by Gasteiger charge is 2.76. The van der Waals surface area contributed by atoms with Crippen LogP contribution >= 0.6 is 0 Å². The number of aliphatic hydroxyl groups excluding tert-OH is 1. The molecule has 3 aliphatic carbocycles. The molecule has 1 aromatic carbocycles. The number of aromatic nitrogens is 1. The summed E-state index contributed by atoms with van der Waals surface area (Å²) in [6.07, 6.45) is -4.92. The fraction of sp³-hybridized carbons (Fsp3) is 0.587. The molecule has 0 unspecified atom stereocenters. The largest absolute Gasteiger partial charge is 0.456 e. The lowest BCUT2D eigenvalue weighted by Crippen LogP contribution is -2.78. The maximum absolute atomic E-state index is 15.5. The first-order valence-corrected chi connectivity index (χ1v) is 21.1. The van der Waals surface area contributed by atoms with Crippen LogP contribution in [0.15, 0.2) is 72.0 Å². The molecule has 12 atom stereocenters. The average Bonchev–Trinajstić information content (AvgIpc) is 3.60. The third-order valence-corrected chi connectivity index (χ3v) is 13.1. The second-order valence-corrected chi connectivity index (χ2v) is 19.2. The number of carbonyl (C=O) groups is 4. The van der Waals surface area contributed by atoms with Crippen LogP contribution in [0.1, 0.15) is 83.9 Å². The number of pyridine rings is 1. The summed E-state index contributed by atoms with van der Waals surface area (Å²) in [6.45, 7) is 13.5. The number of rotatable bonds is 11. The van der Waals surface area contributed by atoms with Crippen molar-refractivity contribution in [1.82, 2.24) is 15.2 Å². The molecule has 3 N–H and O–H groups in total. The van der Waals surface area contributed by atoms with Crippen molar-refractivity contribution >= 4 is 24.0 Å². The van der Waals surface area contributed by atoms with Crippen molar-refractivity contribution in [2.45, 2.75) is 128 Å². The Hall–Kier alpha value is -4.78. The maximum atomic E-state index is 15.5. The Balaban J connectivity index is 1.40. The van der Waals surface area contributed by atoms with Gasteiger partial charge in [0.05, 0.1) is 18.1 Å². The molecule has 2 aliphatic heterocycles. The van der Waals surface area contributed by atoms with Gasteiger partial charge in [0.15, 0.2) is 18.0 Å². The lowest BCUT2D eigenvalue weighted by Gasteiger charge is -2.66. The molecule has 1 aromatic heterocycles. The van der Waals surface area contributed by atoms with Crippen LogP contribution in [0.2, 0.25) is 0 Å². The Morgan fingerprint density at radius 3 is 2.40 bits per heavy atom. The summed E-state index contributed by atoms with van der Waals surface area (Å²) < 4.78 is 67.8. The van der Waals surface area contributed by atoms with Crippen molar-refractivity contribution in [3.05, 3.63) is 89.0 Å². The Morgan fingerprint density at radius 2 is 1.79 bits per heavy atom. The third-order valence-electron chi connectivity index (χ3n) is 13.1. The van der Waals surface area contributed by atoms with Gasteiger partial charge in [0, 0.05) is 36.9 Å². The lowest BCUT2D eigenvalue weighted by atomic mass is 9.46. The number of amides is 1. The summed E-state index contributed by atoms with van der Waals surface area (Å²) in [5.41, 5.74) is -6.56. The highest BCUT2D eigenvalue weighted by atomic mass is 19.1. The molecule has 2 saturated heterocycles. The van der Waals surface area contributed by atoms with Crippen LogP contribution in [-0.4, -0.2) is 132 Å². The van der Waals surface area contributed by atoms with E-state index < -0.39 is 124 Å². The second-order valence-electron chi connectivity index (χ2n) is 19.2. The molecular formula is C46H58FN3O13. The summed E-state index contributed by atoms with van der Waals surface area (Å²) in [4.78, 5) is 61.3. The van der Waals surface area contributed by atoms with Crippen molar-refractivity contribution in [2.24, 2.45) is 16.7 Å². The van der Waals surface area contributed by atoms with E-state index in [2.05, 4.69) is 10.3 Å². The molecule has 1 saturated carbocycles. The van der Waals surface area contributed by atoms with Crippen molar-refractivity contribution in [2.75, 3.05) is 27.2 Å². The molecule has 63 heavy (non-hydrogen) atoms. The van der Waals surface area contributed by atoms with Crippen LogP contribution in [0.25, 0.3) is 0 Å². The third kappa shape index (κ3) is 8.16. The van der Waals surface area contributed by atoms with E-state index in [0.717, 1.165) is 6.07 Å². The summed E-state index contributed by atoms with van der Waals surface area (Å²) in [7, 11) is 3.72. The fourth-order valence-electron chi connectivity index (χ4n) is 10.3. The van der Waals surface area contributed by atoms with E-state index in [1.165, 1.54) is 19.2 Å². The SMILES string of the molecule is [3H]O[C@@H](C(=O)O[C@H]1C[C@@]2(O)[C@@H](OC(=O)c3ccccc3)[C@H]3[C@@](C)(C=C[C@H]4OC[C@]43OC(C)=O)[C@@H]3O[C@H](CN(C)C)O[C@@H]3C(=C1C)C2(C)C)[C@@H](NC(=O)OC(C)(C)C)c1ncccc1F. The number of halogens is 1. The minimum Gasteiger partial charge on any atom is -0.456 e. The van der Waals surface area contributed by atoms with Gasteiger partial charge in [-0.2, -0.15) is 0 Å². The van der Waals surface area contributed by atoms with Crippen LogP contribution in [0.5, 0.6) is 0 Å². The zero-order valence-electron chi connectivity index (χ0n) is 38.2. The first-order chi connectivity index (χ1) is 30.0. The predicted molar refractivity (Wildman–Crippen MR) is 221 cm³/mol. The quantitative estimate of drug-likeness (QED) is 0.163. The summed E-state index contributed by atoms with van der Waals surface area (Å²) in [5.74, 6) is -4.65. The Morgan fingerprint density at radius 1 is 1.08 bits per heavy atom. The normalized spacial score (nSPS) is 34.0. The molecule has 17 heteroatoms. The number of nitrogens with one attached hydrogen (secondary N) is 1. The van der Waals surface area contributed by atoms with E-state index in [4.69, 9.17) is 39.7 Å². The van der Waals surface area contributed by atoms with Crippen molar-refractivity contribution < 1.29 is 66.9 Å². The van der Waals surface area contributed by atoms with E-state index in [9.17, 15) is 24.3 Å². The maximum Gasteiger partial charge on any atom is 0.408 e. The second kappa shape index (κ2) is 16.7. The van der Waals surface area contributed by atoms with Gasteiger partial charge >= 0.3 is 24.0 Å². The summed E-state index contributed by atoms with van der Waals surface area (Å²) in [6, 6.07) is 8.86. The van der Waals surface area contributed by atoms with Gasteiger partial charge in [-0.25, -0.2) is 18.8 Å². The van der Waals surface area contributed by atoms with Gasteiger partial charge in [0.2, 0.25) is 1.43 Å². The van der Waals surface area contributed by atoms with E-state index in [1.807, 2.05) is 32.0 Å². The van der Waals surface area contributed by atoms with Crippen molar-refractivity contribution in [3.8, 4) is 0 Å². The minimum absolute atomic E-state index is 0.115.